The Kier molecular flexibility index (Phi) is 5.44. The zero-order chi connectivity index (χ0) is 16.8. The van der Waals surface area contributed by atoms with Crippen LogP contribution in [0.15, 0.2) is 66.2 Å². The molecule has 124 valence electrons. The summed E-state index contributed by atoms with van der Waals surface area (Å²) in [6.07, 6.45) is 1.98. The number of benzene rings is 2. The monoisotopic (exact) mass is 321 g/mol. The van der Waals surface area contributed by atoms with Gasteiger partial charge in [-0.3, -0.25) is 4.79 Å². The minimum Gasteiger partial charge on any atom is -0.328 e. The average molecular weight is 321 g/mol. The van der Waals surface area contributed by atoms with Crippen LogP contribution in [0.3, 0.4) is 0 Å². The SMILES string of the molecule is C/C(=C/c1ccccc1)C(=O)N1CC[NH+](Cc2ccccc2)CC1. The fourth-order valence-electron chi connectivity index (χ4n) is 3.20. The van der Waals surface area contributed by atoms with Crippen molar-refractivity contribution in [1.29, 1.82) is 0 Å². The van der Waals surface area contributed by atoms with Gasteiger partial charge in [0.1, 0.15) is 6.54 Å². The van der Waals surface area contributed by atoms with Crippen LogP contribution >= 0.6 is 0 Å². The van der Waals surface area contributed by atoms with Gasteiger partial charge in [0.25, 0.3) is 0 Å². The molecule has 0 atom stereocenters. The number of hydrogen-bond acceptors (Lipinski definition) is 1. The molecule has 1 amide bonds. The number of nitrogens with one attached hydrogen (secondary N) is 1. The van der Waals surface area contributed by atoms with Crippen LogP contribution in [-0.4, -0.2) is 37.0 Å². The highest BCUT2D eigenvalue weighted by molar-refractivity contribution is 5.97. The maximum atomic E-state index is 12.6. The number of amides is 1. The van der Waals surface area contributed by atoms with E-state index < -0.39 is 0 Å². The number of rotatable bonds is 4. The van der Waals surface area contributed by atoms with Crippen LogP contribution in [0, 0.1) is 0 Å². The summed E-state index contributed by atoms with van der Waals surface area (Å²) in [5.41, 5.74) is 3.26. The first-order chi connectivity index (χ1) is 11.7. The Labute approximate surface area is 144 Å². The van der Waals surface area contributed by atoms with E-state index in [1.807, 2.05) is 48.2 Å². The van der Waals surface area contributed by atoms with Crippen LogP contribution in [0.1, 0.15) is 18.1 Å². The molecule has 3 nitrogen and oxygen atoms in total. The van der Waals surface area contributed by atoms with E-state index in [9.17, 15) is 4.79 Å². The van der Waals surface area contributed by atoms with Gasteiger partial charge in [-0.15, -0.1) is 0 Å². The molecule has 1 fully saturated rings. The summed E-state index contributed by atoms with van der Waals surface area (Å²) in [5.74, 6) is 0.164. The maximum Gasteiger partial charge on any atom is 0.249 e. The van der Waals surface area contributed by atoms with Crippen molar-refractivity contribution in [2.45, 2.75) is 13.5 Å². The Hall–Kier alpha value is -2.39. The quantitative estimate of drug-likeness (QED) is 0.856. The van der Waals surface area contributed by atoms with E-state index >= 15 is 0 Å². The number of hydrogen-bond donors (Lipinski definition) is 1. The van der Waals surface area contributed by atoms with E-state index in [1.54, 1.807) is 4.90 Å². The Morgan fingerprint density at radius 1 is 1.00 bits per heavy atom. The molecule has 1 N–H and O–H groups in total. The van der Waals surface area contributed by atoms with Crippen LogP contribution in [0.2, 0.25) is 0 Å². The lowest BCUT2D eigenvalue weighted by atomic mass is 10.1. The van der Waals surface area contributed by atoms with Crippen molar-refractivity contribution in [1.82, 2.24) is 4.90 Å². The molecule has 2 aromatic carbocycles. The van der Waals surface area contributed by atoms with Crippen LogP contribution in [0.5, 0.6) is 0 Å². The predicted octanol–water partition coefficient (Wildman–Crippen LogP) is 2.02. The molecule has 2 aromatic rings. The van der Waals surface area contributed by atoms with Crippen LogP contribution in [0.4, 0.5) is 0 Å². The van der Waals surface area contributed by atoms with E-state index in [4.69, 9.17) is 0 Å². The molecule has 24 heavy (non-hydrogen) atoms. The maximum absolute atomic E-state index is 12.6. The second kappa shape index (κ2) is 7.93. The summed E-state index contributed by atoms with van der Waals surface area (Å²) in [4.78, 5) is 16.2. The summed E-state index contributed by atoms with van der Waals surface area (Å²) < 4.78 is 0. The van der Waals surface area contributed by atoms with E-state index in [-0.39, 0.29) is 5.91 Å². The Morgan fingerprint density at radius 2 is 1.58 bits per heavy atom. The molecule has 0 saturated carbocycles. The zero-order valence-corrected chi connectivity index (χ0v) is 14.2. The van der Waals surface area contributed by atoms with Gasteiger partial charge < -0.3 is 9.80 Å². The van der Waals surface area contributed by atoms with Crippen molar-refractivity contribution in [3.05, 3.63) is 77.4 Å². The summed E-state index contributed by atoms with van der Waals surface area (Å²) in [7, 11) is 0. The smallest absolute Gasteiger partial charge is 0.249 e. The topological polar surface area (TPSA) is 24.8 Å². The summed E-state index contributed by atoms with van der Waals surface area (Å²) >= 11 is 0. The molecule has 1 aliphatic heterocycles. The van der Waals surface area contributed by atoms with Crippen molar-refractivity contribution in [3.63, 3.8) is 0 Å². The third kappa shape index (κ3) is 4.33. The lowest BCUT2D eigenvalue weighted by Crippen LogP contribution is -3.13. The van der Waals surface area contributed by atoms with Gasteiger partial charge in [-0.05, 0) is 18.6 Å². The van der Waals surface area contributed by atoms with Gasteiger partial charge in [-0.2, -0.15) is 0 Å². The second-order valence-corrected chi connectivity index (χ2v) is 6.44. The minimum atomic E-state index is 0.164. The lowest BCUT2D eigenvalue weighted by Gasteiger charge is -2.32. The minimum absolute atomic E-state index is 0.164. The van der Waals surface area contributed by atoms with Crippen molar-refractivity contribution in [2.24, 2.45) is 0 Å². The Bertz CT molecular complexity index is 686. The number of piperazine rings is 1. The molecule has 0 aromatic heterocycles. The van der Waals surface area contributed by atoms with Gasteiger partial charge in [0, 0.05) is 11.1 Å². The van der Waals surface area contributed by atoms with Gasteiger partial charge in [0.15, 0.2) is 0 Å². The normalized spacial score (nSPS) is 16.2. The van der Waals surface area contributed by atoms with E-state index in [2.05, 4.69) is 30.3 Å². The number of carbonyl (C=O) groups excluding carboxylic acids is 1. The first-order valence-electron chi connectivity index (χ1n) is 8.62. The van der Waals surface area contributed by atoms with Crippen molar-refractivity contribution in [3.8, 4) is 0 Å². The van der Waals surface area contributed by atoms with Gasteiger partial charge in [0.2, 0.25) is 5.91 Å². The van der Waals surface area contributed by atoms with E-state index in [1.165, 1.54) is 5.56 Å². The summed E-state index contributed by atoms with van der Waals surface area (Å²) in [5, 5.41) is 0. The molecule has 3 rings (SSSR count). The molecular formula is C21H25N2O+. The van der Waals surface area contributed by atoms with Crippen LogP contribution in [-0.2, 0) is 11.3 Å². The van der Waals surface area contributed by atoms with Crippen LogP contribution in [0.25, 0.3) is 6.08 Å². The Morgan fingerprint density at radius 3 is 2.21 bits per heavy atom. The molecule has 0 unspecified atom stereocenters. The first-order valence-corrected chi connectivity index (χ1v) is 8.62. The van der Waals surface area contributed by atoms with E-state index in [0.29, 0.717) is 0 Å². The van der Waals surface area contributed by atoms with Gasteiger partial charge in [0.05, 0.1) is 26.2 Å². The third-order valence-corrected chi connectivity index (χ3v) is 4.57. The van der Waals surface area contributed by atoms with Gasteiger partial charge in [-0.25, -0.2) is 0 Å². The molecule has 3 heteroatoms. The highest BCUT2D eigenvalue weighted by atomic mass is 16.2. The molecule has 1 heterocycles. The summed E-state index contributed by atoms with van der Waals surface area (Å²) in [6.45, 7) is 6.65. The van der Waals surface area contributed by atoms with Gasteiger partial charge >= 0.3 is 0 Å². The molecule has 0 radical (unpaired) electrons. The largest absolute Gasteiger partial charge is 0.328 e. The lowest BCUT2D eigenvalue weighted by molar-refractivity contribution is -0.917. The van der Waals surface area contributed by atoms with Crippen molar-refractivity contribution >= 4 is 12.0 Å². The fourth-order valence-corrected chi connectivity index (χ4v) is 3.20. The predicted molar refractivity (Wildman–Crippen MR) is 97.5 cm³/mol. The van der Waals surface area contributed by atoms with Crippen molar-refractivity contribution in [2.75, 3.05) is 26.2 Å². The molecule has 0 aliphatic carbocycles. The number of nitrogens with zero attached hydrogens (tertiary/aromatic N) is 1. The average Bonchev–Trinajstić information content (AvgIpc) is 2.63. The summed E-state index contributed by atoms with van der Waals surface area (Å²) in [6, 6.07) is 20.6. The first kappa shape index (κ1) is 16.5. The van der Waals surface area contributed by atoms with Gasteiger partial charge in [-0.1, -0.05) is 60.7 Å². The molecule has 0 spiro atoms. The molecule has 0 bridgehead atoms. The van der Waals surface area contributed by atoms with Crippen LogP contribution < -0.4 is 4.90 Å². The Balaban J connectivity index is 1.54. The fraction of sp³-hybridized carbons (Fsp3) is 0.286. The highest BCUT2D eigenvalue weighted by Gasteiger charge is 2.24. The van der Waals surface area contributed by atoms with E-state index in [0.717, 1.165) is 43.9 Å². The third-order valence-electron chi connectivity index (χ3n) is 4.57. The number of carbonyl (C=O) groups is 1. The molecule has 1 aliphatic rings. The van der Waals surface area contributed by atoms with Crippen molar-refractivity contribution < 1.29 is 9.69 Å². The standard InChI is InChI=1S/C21H24N2O/c1-18(16-19-8-4-2-5-9-19)21(24)23-14-12-22(13-15-23)17-20-10-6-3-7-11-20/h2-11,16H,12-15,17H2,1H3/p+1/b18-16-. The highest BCUT2D eigenvalue weighted by Crippen LogP contribution is 2.09. The second-order valence-electron chi connectivity index (χ2n) is 6.44. The zero-order valence-electron chi connectivity index (χ0n) is 14.2. The number of quaternary nitrogens is 1. The molecular weight excluding hydrogens is 296 g/mol. The molecule has 1 saturated heterocycles.